The van der Waals surface area contributed by atoms with E-state index in [0.29, 0.717) is 0 Å². The number of nitrogens with zero attached hydrogens (tertiary/aromatic N) is 4. The van der Waals surface area contributed by atoms with Crippen LogP contribution in [-0.4, -0.2) is 77.2 Å². The molecule has 2 saturated heterocycles. The minimum absolute atomic E-state index is 0.771. The monoisotopic (exact) mass is 388 g/mol. The summed E-state index contributed by atoms with van der Waals surface area (Å²) in [6.07, 6.45) is 4.93. The molecule has 0 spiro atoms. The average molecular weight is 389 g/mol. The Balaban J connectivity index is 1.21. The number of halogens is 1. The van der Waals surface area contributed by atoms with Gasteiger partial charge in [-0.3, -0.25) is 14.7 Å². The first-order valence-corrected chi connectivity index (χ1v) is 10.9. The fourth-order valence-electron chi connectivity index (χ4n) is 4.80. The summed E-state index contributed by atoms with van der Waals surface area (Å²) >= 11 is 6.10. The van der Waals surface area contributed by atoms with Gasteiger partial charge in [-0.15, -0.1) is 0 Å². The Bertz CT molecular complexity index is 740. The van der Waals surface area contributed by atoms with E-state index >= 15 is 0 Å². The van der Waals surface area contributed by atoms with E-state index in [0.717, 1.165) is 30.2 Å². The fraction of sp³-hybridized carbons (Fsp3) is 0.636. The van der Waals surface area contributed by atoms with Crippen LogP contribution in [-0.2, 0) is 6.54 Å². The zero-order chi connectivity index (χ0) is 18.8. The van der Waals surface area contributed by atoms with Crippen LogP contribution < -0.4 is 0 Å². The molecule has 0 saturated carbocycles. The number of likely N-dealkylation sites (tertiary alicyclic amines) is 1. The number of piperazine rings is 1. The number of hydrogen-bond donors (Lipinski definition) is 0. The maximum absolute atomic E-state index is 6.10. The third kappa shape index (κ3) is 4.51. The van der Waals surface area contributed by atoms with Crippen molar-refractivity contribution < 1.29 is 0 Å². The molecule has 0 amide bonds. The van der Waals surface area contributed by atoms with Crippen molar-refractivity contribution in [3.63, 3.8) is 0 Å². The molecule has 4 rings (SSSR count). The van der Waals surface area contributed by atoms with Crippen molar-refractivity contribution in [3.05, 3.63) is 35.5 Å². The standard InChI is InChI=1S/C22H33ClN4/c1-18-3-4-19(2)27(18)16-14-25-11-9-24(10-12-25)13-15-26-8-7-20-17-21(23)5-6-22(20)26/h5-8,17-19H,3-4,9-16H2,1-2H3. The molecule has 2 aliphatic rings. The van der Waals surface area contributed by atoms with Crippen LogP contribution in [0.3, 0.4) is 0 Å². The Labute approximate surface area is 168 Å². The summed E-state index contributed by atoms with van der Waals surface area (Å²) in [5.41, 5.74) is 1.28. The highest BCUT2D eigenvalue weighted by atomic mass is 35.5. The Morgan fingerprint density at radius 3 is 2.15 bits per heavy atom. The molecule has 1 aromatic carbocycles. The lowest BCUT2D eigenvalue weighted by molar-refractivity contribution is 0.108. The zero-order valence-electron chi connectivity index (χ0n) is 16.8. The minimum Gasteiger partial charge on any atom is -0.346 e. The average Bonchev–Trinajstić information content (AvgIpc) is 3.22. The molecular weight excluding hydrogens is 356 g/mol. The molecule has 4 nitrogen and oxygen atoms in total. The molecule has 148 valence electrons. The van der Waals surface area contributed by atoms with Gasteiger partial charge >= 0.3 is 0 Å². The third-order valence-corrected chi connectivity index (χ3v) is 6.90. The van der Waals surface area contributed by atoms with Crippen molar-refractivity contribution in [2.24, 2.45) is 0 Å². The maximum Gasteiger partial charge on any atom is 0.0481 e. The number of fused-ring (bicyclic) bond motifs is 1. The molecule has 0 bridgehead atoms. The number of benzene rings is 1. The largest absolute Gasteiger partial charge is 0.346 e. The van der Waals surface area contributed by atoms with Gasteiger partial charge in [0.2, 0.25) is 0 Å². The molecule has 5 heteroatoms. The highest BCUT2D eigenvalue weighted by molar-refractivity contribution is 6.31. The Hall–Kier alpha value is -1.07. The summed E-state index contributed by atoms with van der Waals surface area (Å²) in [4.78, 5) is 7.97. The van der Waals surface area contributed by atoms with Crippen LogP contribution in [0.15, 0.2) is 30.5 Å². The second-order valence-corrected chi connectivity index (χ2v) is 8.85. The summed E-state index contributed by atoms with van der Waals surface area (Å²) in [6, 6.07) is 9.88. The van der Waals surface area contributed by atoms with E-state index in [1.807, 2.05) is 12.1 Å². The predicted molar refractivity (Wildman–Crippen MR) is 115 cm³/mol. The third-order valence-electron chi connectivity index (χ3n) is 6.66. The lowest BCUT2D eigenvalue weighted by atomic mass is 10.2. The molecular formula is C22H33ClN4. The molecule has 2 aromatic rings. The van der Waals surface area contributed by atoms with Crippen LogP contribution in [0.2, 0.25) is 5.02 Å². The molecule has 0 N–H and O–H groups in total. The van der Waals surface area contributed by atoms with Crippen LogP contribution in [0, 0.1) is 0 Å². The molecule has 27 heavy (non-hydrogen) atoms. The van der Waals surface area contributed by atoms with E-state index in [1.165, 1.54) is 63.0 Å². The highest BCUT2D eigenvalue weighted by Crippen LogP contribution is 2.23. The van der Waals surface area contributed by atoms with Gasteiger partial charge in [0.25, 0.3) is 0 Å². The number of rotatable bonds is 6. The van der Waals surface area contributed by atoms with Gasteiger partial charge in [0.15, 0.2) is 0 Å². The van der Waals surface area contributed by atoms with Crippen LogP contribution in [0.25, 0.3) is 10.9 Å². The Kier molecular flexibility index (Phi) is 6.08. The molecule has 2 fully saturated rings. The van der Waals surface area contributed by atoms with Gasteiger partial charge in [0.05, 0.1) is 0 Å². The second-order valence-electron chi connectivity index (χ2n) is 8.41. The van der Waals surface area contributed by atoms with E-state index in [9.17, 15) is 0 Å². The van der Waals surface area contributed by atoms with Gasteiger partial charge < -0.3 is 4.57 Å². The quantitative estimate of drug-likeness (QED) is 0.748. The smallest absolute Gasteiger partial charge is 0.0481 e. The molecule has 0 radical (unpaired) electrons. The molecule has 2 unspecified atom stereocenters. The maximum atomic E-state index is 6.10. The topological polar surface area (TPSA) is 14.7 Å². The van der Waals surface area contributed by atoms with Crippen LogP contribution >= 0.6 is 11.6 Å². The lowest BCUT2D eigenvalue weighted by Gasteiger charge is -2.36. The minimum atomic E-state index is 0.771. The summed E-state index contributed by atoms with van der Waals surface area (Å²) < 4.78 is 2.36. The summed E-state index contributed by atoms with van der Waals surface area (Å²) in [5.74, 6) is 0. The van der Waals surface area contributed by atoms with E-state index in [1.54, 1.807) is 0 Å². The predicted octanol–water partition coefficient (Wildman–Crippen LogP) is 3.79. The SMILES string of the molecule is CC1CCC(C)N1CCN1CCN(CCn2ccc3cc(Cl)ccc32)CC1. The first-order chi connectivity index (χ1) is 13.1. The van der Waals surface area contributed by atoms with Gasteiger partial charge in [0.1, 0.15) is 0 Å². The van der Waals surface area contributed by atoms with Crippen molar-refractivity contribution in [1.82, 2.24) is 19.3 Å². The summed E-state index contributed by atoms with van der Waals surface area (Å²) in [7, 11) is 0. The van der Waals surface area contributed by atoms with E-state index in [2.05, 4.69) is 51.4 Å². The first kappa shape index (κ1) is 19.3. The Morgan fingerprint density at radius 2 is 1.48 bits per heavy atom. The highest BCUT2D eigenvalue weighted by Gasteiger charge is 2.27. The van der Waals surface area contributed by atoms with Gasteiger partial charge in [-0.25, -0.2) is 0 Å². The normalized spacial score (nSPS) is 25.6. The van der Waals surface area contributed by atoms with Crippen molar-refractivity contribution in [2.45, 2.75) is 45.3 Å². The molecule has 2 atom stereocenters. The molecule has 3 heterocycles. The van der Waals surface area contributed by atoms with Crippen LogP contribution in [0.1, 0.15) is 26.7 Å². The van der Waals surface area contributed by atoms with Gasteiger partial charge in [0, 0.05) is 86.6 Å². The molecule has 2 aliphatic heterocycles. The van der Waals surface area contributed by atoms with Crippen molar-refractivity contribution >= 4 is 22.5 Å². The van der Waals surface area contributed by atoms with E-state index in [4.69, 9.17) is 11.6 Å². The summed E-state index contributed by atoms with van der Waals surface area (Å²) in [5, 5.41) is 2.05. The van der Waals surface area contributed by atoms with Gasteiger partial charge in [-0.1, -0.05) is 11.6 Å². The van der Waals surface area contributed by atoms with Crippen LogP contribution in [0.5, 0.6) is 0 Å². The van der Waals surface area contributed by atoms with Crippen molar-refractivity contribution in [1.29, 1.82) is 0 Å². The van der Waals surface area contributed by atoms with E-state index in [-0.39, 0.29) is 0 Å². The van der Waals surface area contributed by atoms with Crippen molar-refractivity contribution in [2.75, 3.05) is 45.8 Å². The van der Waals surface area contributed by atoms with Crippen molar-refractivity contribution in [3.8, 4) is 0 Å². The second kappa shape index (κ2) is 8.52. The molecule has 0 aliphatic carbocycles. The van der Waals surface area contributed by atoms with Gasteiger partial charge in [-0.2, -0.15) is 0 Å². The Morgan fingerprint density at radius 1 is 0.852 bits per heavy atom. The molecule has 1 aromatic heterocycles. The van der Waals surface area contributed by atoms with Crippen LogP contribution in [0.4, 0.5) is 0 Å². The zero-order valence-corrected chi connectivity index (χ0v) is 17.5. The number of hydrogen-bond acceptors (Lipinski definition) is 3. The summed E-state index contributed by atoms with van der Waals surface area (Å²) in [6.45, 7) is 14.2. The fourth-order valence-corrected chi connectivity index (χ4v) is 4.98. The first-order valence-electron chi connectivity index (χ1n) is 10.5. The lowest BCUT2D eigenvalue weighted by Crippen LogP contribution is -2.49. The number of aromatic nitrogens is 1. The van der Waals surface area contributed by atoms with Gasteiger partial charge in [-0.05, 0) is 51.0 Å². The van der Waals surface area contributed by atoms with E-state index < -0.39 is 0 Å².